The molecule has 6 nitrogen and oxygen atoms in total. The molecule has 0 unspecified atom stereocenters. The summed E-state index contributed by atoms with van der Waals surface area (Å²) in [4.78, 5) is 15.3. The van der Waals surface area contributed by atoms with Crippen molar-refractivity contribution in [3.05, 3.63) is 11.7 Å². The maximum Gasteiger partial charge on any atom is 0.292 e. The summed E-state index contributed by atoms with van der Waals surface area (Å²) in [6.07, 6.45) is 4.99. The molecule has 3 N–H and O–H groups in total. The first-order valence-electron chi connectivity index (χ1n) is 5.51. The molecule has 1 saturated carbocycles. The summed E-state index contributed by atoms with van der Waals surface area (Å²) in [6, 6.07) is 0. The first kappa shape index (κ1) is 11.1. The van der Waals surface area contributed by atoms with Crippen molar-refractivity contribution >= 4 is 5.91 Å². The summed E-state index contributed by atoms with van der Waals surface area (Å²) in [5.74, 6) is 0.0770. The number of hydrogen-bond acceptors (Lipinski definition) is 5. The molecular weight excluding hydrogens is 208 g/mol. The standard InChI is InChI=1S/C10H16N4O2/c1-12-8(15)7-13-9(16-14-7)10(11)5-3-2-4-6-10/h2-6,11H2,1H3,(H,12,15). The normalized spacial score (nSPS) is 19.4. The molecule has 1 aliphatic rings. The van der Waals surface area contributed by atoms with E-state index >= 15 is 0 Å². The smallest absolute Gasteiger partial charge is 0.292 e. The Morgan fingerprint density at radius 2 is 2.12 bits per heavy atom. The zero-order chi connectivity index (χ0) is 11.6. The van der Waals surface area contributed by atoms with Crippen LogP contribution in [0.4, 0.5) is 0 Å². The lowest BCUT2D eigenvalue weighted by Gasteiger charge is -2.29. The fourth-order valence-electron chi connectivity index (χ4n) is 2.03. The molecule has 1 heterocycles. The van der Waals surface area contributed by atoms with E-state index in [0.29, 0.717) is 5.89 Å². The average molecular weight is 224 g/mol. The topological polar surface area (TPSA) is 94.0 Å². The van der Waals surface area contributed by atoms with Crippen LogP contribution in [0.25, 0.3) is 0 Å². The summed E-state index contributed by atoms with van der Waals surface area (Å²) in [5, 5.41) is 6.07. The fourth-order valence-corrected chi connectivity index (χ4v) is 2.03. The summed E-state index contributed by atoms with van der Waals surface area (Å²) >= 11 is 0. The Morgan fingerprint density at radius 3 is 2.75 bits per heavy atom. The molecule has 0 radical (unpaired) electrons. The molecule has 1 aromatic rings. The van der Waals surface area contributed by atoms with Gasteiger partial charge in [-0.15, -0.1) is 0 Å². The van der Waals surface area contributed by atoms with Gasteiger partial charge >= 0.3 is 0 Å². The highest BCUT2D eigenvalue weighted by atomic mass is 16.5. The van der Waals surface area contributed by atoms with E-state index < -0.39 is 5.54 Å². The number of carbonyl (C=O) groups is 1. The number of rotatable bonds is 2. The van der Waals surface area contributed by atoms with Gasteiger partial charge in [-0.2, -0.15) is 4.98 Å². The average Bonchev–Trinajstić information content (AvgIpc) is 2.79. The Balaban J connectivity index is 2.20. The minimum atomic E-state index is -0.544. The number of nitrogens with one attached hydrogen (secondary N) is 1. The van der Waals surface area contributed by atoms with Crippen LogP contribution < -0.4 is 11.1 Å². The number of hydrogen-bond donors (Lipinski definition) is 2. The van der Waals surface area contributed by atoms with Gasteiger partial charge in [-0.3, -0.25) is 4.79 Å². The van der Waals surface area contributed by atoms with Crippen molar-refractivity contribution in [2.45, 2.75) is 37.6 Å². The van der Waals surface area contributed by atoms with Crippen LogP contribution in [0.2, 0.25) is 0 Å². The van der Waals surface area contributed by atoms with Crippen LogP contribution in [0.1, 0.15) is 48.6 Å². The summed E-state index contributed by atoms with van der Waals surface area (Å²) in [6.45, 7) is 0. The predicted molar refractivity (Wildman–Crippen MR) is 56.6 cm³/mol. The zero-order valence-electron chi connectivity index (χ0n) is 9.32. The zero-order valence-corrected chi connectivity index (χ0v) is 9.32. The molecule has 0 saturated heterocycles. The fraction of sp³-hybridized carbons (Fsp3) is 0.700. The van der Waals surface area contributed by atoms with Gasteiger partial charge in [0.25, 0.3) is 11.7 Å². The summed E-state index contributed by atoms with van der Waals surface area (Å²) < 4.78 is 5.08. The molecule has 16 heavy (non-hydrogen) atoms. The third-order valence-electron chi connectivity index (χ3n) is 3.03. The van der Waals surface area contributed by atoms with Gasteiger partial charge in [0.15, 0.2) is 0 Å². The summed E-state index contributed by atoms with van der Waals surface area (Å²) in [7, 11) is 1.52. The highest BCUT2D eigenvalue weighted by molar-refractivity contribution is 5.89. The van der Waals surface area contributed by atoms with Crippen molar-refractivity contribution in [2.75, 3.05) is 7.05 Å². The van der Waals surface area contributed by atoms with Gasteiger partial charge in [-0.05, 0) is 12.8 Å². The lowest BCUT2D eigenvalue weighted by molar-refractivity contribution is 0.0949. The van der Waals surface area contributed by atoms with Gasteiger partial charge in [-0.25, -0.2) is 0 Å². The van der Waals surface area contributed by atoms with E-state index in [1.165, 1.54) is 13.5 Å². The van der Waals surface area contributed by atoms with Gasteiger partial charge in [0.05, 0.1) is 5.54 Å². The van der Waals surface area contributed by atoms with Crippen molar-refractivity contribution in [1.82, 2.24) is 15.5 Å². The van der Waals surface area contributed by atoms with E-state index in [1.54, 1.807) is 0 Å². The van der Waals surface area contributed by atoms with Crippen LogP contribution in [-0.2, 0) is 5.54 Å². The highest BCUT2D eigenvalue weighted by Crippen LogP contribution is 2.33. The van der Waals surface area contributed by atoms with Crippen molar-refractivity contribution in [1.29, 1.82) is 0 Å². The predicted octanol–water partition coefficient (Wildman–Crippen LogP) is 0.547. The van der Waals surface area contributed by atoms with Gasteiger partial charge < -0.3 is 15.6 Å². The molecule has 1 fully saturated rings. The number of nitrogens with two attached hydrogens (primary N) is 1. The van der Waals surface area contributed by atoms with Gasteiger partial charge in [-0.1, -0.05) is 24.4 Å². The molecule has 0 spiro atoms. The van der Waals surface area contributed by atoms with Gasteiger partial charge in [0.1, 0.15) is 0 Å². The van der Waals surface area contributed by atoms with E-state index in [2.05, 4.69) is 15.5 Å². The van der Waals surface area contributed by atoms with Crippen LogP contribution in [0, 0.1) is 0 Å². The van der Waals surface area contributed by atoms with Gasteiger partial charge in [0, 0.05) is 7.05 Å². The van der Waals surface area contributed by atoms with Crippen LogP contribution in [0.3, 0.4) is 0 Å². The van der Waals surface area contributed by atoms with Crippen LogP contribution in [0.5, 0.6) is 0 Å². The van der Waals surface area contributed by atoms with Crippen molar-refractivity contribution < 1.29 is 9.32 Å². The van der Waals surface area contributed by atoms with E-state index in [9.17, 15) is 4.79 Å². The molecule has 0 aliphatic heterocycles. The Bertz CT molecular complexity index is 382. The molecule has 88 valence electrons. The Kier molecular flexibility index (Phi) is 2.91. The second kappa shape index (κ2) is 4.21. The second-order valence-electron chi connectivity index (χ2n) is 4.22. The third kappa shape index (κ3) is 1.92. The van der Waals surface area contributed by atoms with E-state index in [1.807, 2.05) is 0 Å². The second-order valence-corrected chi connectivity index (χ2v) is 4.22. The largest absolute Gasteiger partial charge is 0.352 e. The van der Waals surface area contributed by atoms with E-state index in [4.69, 9.17) is 10.3 Å². The Morgan fingerprint density at radius 1 is 1.44 bits per heavy atom. The molecule has 1 amide bonds. The van der Waals surface area contributed by atoms with Crippen LogP contribution >= 0.6 is 0 Å². The van der Waals surface area contributed by atoms with Crippen LogP contribution in [0.15, 0.2) is 4.52 Å². The highest BCUT2D eigenvalue weighted by Gasteiger charge is 2.35. The minimum Gasteiger partial charge on any atom is -0.352 e. The minimum absolute atomic E-state index is 0.0490. The first-order chi connectivity index (χ1) is 7.65. The Labute approximate surface area is 93.6 Å². The third-order valence-corrected chi connectivity index (χ3v) is 3.03. The number of amides is 1. The molecule has 2 rings (SSSR count). The molecular formula is C10H16N4O2. The van der Waals surface area contributed by atoms with Crippen molar-refractivity contribution in [3.63, 3.8) is 0 Å². The maximum absolute atomic E-state index is 11.3. The van der Waals surface area contributed by atoms with Gasteiger partial charge in [0.2, 0.25) is 5.89 Å². The lowest BCUT2D eigenvalue weighted by Crippen LogP contribution is -2.39. The van der Waals surface area contributed by atoms with E-state index in [0.717, 1.165) is 25.7 Å². The molecule has 1 aliphatic carbocycles. The number of carbonyl (C=O) groups excluding carboxylic acids is 1. The van der Waals surface area contributed by atoms with Crippen LogP contribution in [-0.4, -0.2) is 23.1 Å². The lowest BCUT2D eigenvalue weighted by atomic mass is 9.82. The number of aromatic nitrogens is 2. The first-order valence-corrected chi connectivity index (χ1v) is 5.51. The summed E-state index contributed by atoms with van der Waals surface area (Å²) in [5.41, 5.74) is 5.66. The van der Waals surface area contributed by atoms with Crippen molar-refractivity contribution in [2.24, 2.45) is 5.73 Å². The van der Waals surface area contributed by atoms with E-state index in [-0.39, 0.29) is 11.7 Å². The molecule has 6 heteroatoms. The quantitative estimate of drug-likeness (QED) is 0.765. The maximum atomic E-state index is 11.3. The Hall–Kier alpha value is -1.43. The molecule has 1 aromatic heterocycles. The molecule has 0 atom stereocenters. The molecule has 0 aromatic carbocycles. The molecule has 0 bridgehead atoms. The monoisotopic (exact) mass is 224 g/mol. The SMILES string of the molecule is CNC(=O)c1noc(C2(N)CCCCC2)n1. The van der Waals surface area contributed by atoms with Crippen molar-refractivity contribution in [3.8, 4) is 0 Å². The number of nitrogens with zero attached hydrogens (tertiary/aromatic N) is 2.